The lowest BCUT2D eigenvalue weighted by Gasteiger charge is -2.10. The van der Waals surface area contributed by atoms with Gasteiger partial charge in [0, 0.05) is 4.90 Å². The number of nitriles is 1. The smallest absolute Gasteiger partial charge is 0.138 e. The maximum Gasteiger partial charge on any atom is 0.138 e. The van der Waals surface area contributed by atoms with Crippen molar-refractivity contribution >= 4 is 11.8 Å². The number of thiocyanates is 1. The molecule has 0 saturated carbocycles. The first-order valence-electron chi connectivity index (χ1n) is 7.51. The van der Waals surface area contributed by atoms with Crippen molar-refractivity contribution in [1.82, 2.24) is 0 Å². The lowest BCUT2D eigenvalue weighted by molar-refractivity contribution is 1.41. The third-order valence-corrected chi connectivity index (χ3v) is 4.54. The molecule has 0 radical (unpaired) electrons. The van der Waals surface area contributed by atoms with Crippen LogP contribution in [0.3, 0.4) is 0 Å². The number of hydrogen-bond donors (Lipinski definition) is 0. The Labute approximate surface area is 141 Å². The van der Waals surface area contributed by atoms with E-state index in [1.807, 2.05) is 12.1 Å². The Kier molecular flexibility index (Phi) is 4.50. The third-order valence-electron chi connectivity index (χ3n) is 3.94. The van der Waals surface area contributed by atoms with Crippen molar-refractivity contribution < 1.29 is 0 Å². The van der Waals surface area contributed by atoms with Gasteiger partial charge in [0.1, 0.15) is 5.40 Å². The molecule has 3 aromatic carbocycles. The molecule has 0 unspecified atom stereocenters. The standard InChI is InChI=1S/C21H17NS/c1-15-3-5-17(6-4-15)19-9-12-21(16(2)13-19)18-7-10-20(11-8-18)23-14-22/h3-13H,1-2H3. The van der Waals surface area contributed by atoms with Crippen LogP contribution in [0, 0.1) is 24.5 Å². The zero-order valence-corrected chi connectivity index (χ0v) is 14.0. The van der Waals surface area contributed by atoms with Gasteiger partial charge in [0.25, 0.3) is 0 Å². The Balaban J connectivity index is 1.93. The first kappa shape index (κ1) is 15.4. The lowest BCUT2D eigenvalue weighted by Crippen LogP contribution is -1.86. The average Bonchev–Trinajstić information content (AvgIpc) is 2.57. The van der Waals surface area contributed by atoms with Gasteiger partial charge in [-0.3, -0.25) is 0 Å². The van der Waals surface area contributed by atoms with Gasteiger partial charge in [-0.2, -0.15) is 5.26 Å². The van der Waals surface area contributed by atoms with Crippen LogP contribution in [0.15, 0.2) is 71.6 Å². The van der Waals surface area contributed by atoms with Crippen LogP contribution in [0.25, 0.3) is 22.3 Å². The van der Waals surface area contributed by atoms with Crippen molar-refractivity contribution in [3.8, 4) is 27.7 Å². The molecule has 112 valence electrons. The summed E-state index contributed by atoms with van der Waals surface area (Å²) in [5.41, 5.74) is 7.42. The summed E-state index contributed by atoms with van der Waals surface area (Å²) in [7, 11) is 0. The Morgan fingerprint density at radius 2 is 1.35 bits per heavy atom. The van der Waals surface area contributed by atoms with E-state index >= 15 is 0 Å². The van der Waals surface area contributed by atoms with Gasteiger partial charge >= 0.3 is 0 Å². The summed E-state index contributed by atoms with van der Waals surface area (Å²) < 4.78 is 0. The second-order valence-corrected chi connectivity index (χ2v) is 6.47. The minimum absolute atomic E-state index is 0.977. The maximum atomic E-state index is 8.72. The molecule has 0 aromatic heterocycles. The average molecular weight is 315 g/mol. The molecule has 0 saturated heterocycles. The normalized spacial score (nSPS) is 10.3. The number of nitrogens with zero attached hydrogens (tertiary/aromatic N) is 1. The fourth-order valence-corrected chi connectivity index (χ4v) is 3.05. The van der Waals surface area contributed by atoms with E-state index in [0.29, 0.717) is 0 Å². The summed E-state index contributed by atoms with van der Waals surface area (Å²) in [5.74, 6) is 0. The predicted octanol–water partition coefficient (Wildman–Crippen LogP) is 6.21. The highest BCUT2D eigenvalue weighted by Crippen LogP contribution is 2.30. The van der Waals surface area contributed by atoms with Gasteiger partial charge in [-0.25, -0.2) is 0 Å². The number of rotatable bonds is 3. The van der Waals surface area contributed by atoms with Crippen molar-refractivity contribution in [3.63, 3.8) is 0 Å². The fraction of sp³-hybridized carbons (Fsp3) is 0.0952. The van der Waals surface area contributed by atoms with E-state index in [0.717, 1.165) is 4.90 Å². The van der Waals surface area contributed by atoms with E-state index in [1.54, 1.807) is 0 Å². The number of thioether (sulfide) groups is 1. The SMILES string of the molecule is Cc1ccc(-c2ccc(-c3ccc(SC#N)cc3)c(C)c2)cc1. The van der Waals surface area contributed by atoms with Crippen LogP contribution < -0.4 is 0 Å². The van der Waals surface area contributed by atoms with Crippen LogP contribution in [0.4, 0.5) is 0 Å². The minimum Gasteiger partial charge on any atom is -0.185 e. The molecule has 0 atom stereocenters. The molecule has 1 nitrogen and oxygen atoms in total. The first-order valence-corrected chi connectivity index (χ1v) is 8.33. The van der Waals surface area contributed by atoms with Gasteiger partial charge < -0.3 is 0 Å². The van der Waals surface area contributed by atoms with Crippen LogP contribution in [-0.2, 0) is 0 Å². The summed E-state index contributed by atoms with van der Waals surface area (Å²) in [4.78, 5) is 0.977. The number of hydrogen-bond acceptors (Lipinski definition) is 2. The summed E-state index contributed by atoms with van der Waals surface area (Å²) in [5, 5.41) is 10.8. The zero-order chi connectivity index (χ0) is 16.2. The van der Waals surface area contributed by atoms with E-state index in [-0.39, 0.29) is 0 Å². The van der Waals surface area contributed by atoms with Crippen molar-refractivity contribution in [2.75, 3.05) is 0 Å². The van der Waals surface area contributed by atoms with Crippen LogP contribution in [0.2, 0.25) is 0 Å². The van der Waals surface area contributed by atoms with Gasteiger partial charge in [0.05, 0.1) is 0 Å². The van der Waals surface area contributed by atoms with Crippen LogP contribution >= 0.6 is 11.8 Å². The van der Waals surface area contributed by atoms with Crippen molar-refractivity contribution in [2.24, 2.45) is 0 Å². The van der Waals surface area contributed by atoms with Crippen molar-refractivity contribution in [1.29, 1.82) is 5.26 Å². The van der Waals surface area contributed by atoms with Gasteiger partial charge in [0.15, 0.2) is 0 Å². The number of aryl methyl sites for hydroxylation is 2. The van der Waals surface area contributed by atoms with Crippen molar-refractivity contribution in [3.05, 3.63) is 77.9 Å². The molecule has 3 rings (SSSR count). The minimum atomic E-state index is 0.977. The van der Waals surface area contributed by atoms with E-state index < -0.39 is 0 Å². The topological polar surface area (TPSA) is 23.8 Å². The fourth-order valence-electron chi connectivity index (χ4n) is 2.67. The first-order chi connectivity index (χ1) is 11.2. The number of benzene rings is 3. The van der Waals surface area contributed by atoms with E-state index in [4.69, 9.17) is 5.26 Å². The molecule has 0 bridgehead atoms. The molecule has 0 N–H and O–H groups in total. The van der Waals surface area contributed by atoms with Crippen LogP contribution in [0.1, 0.15) is 11.1 Å². The van der Waals surface area contributed by atoms with Crippen LogP contribution in [0.5, 0.6) is 0 Å². The molecule has 0 spiro atoms. The molecular weight excluding hydrogens is 298 g/mol. The quantitative estimate of drug-likeness (QED) is 0.424. The second-order valence-electron chi connectivity index (χ2n) is 5.61. The highest BCUT2D eigenvalue weighted by Gasteiger charge is 2.05. The maximum absolute atomic E-state index is 8.72. The summed E-state index contributed by atoms with van der Waals surface area (Å²) in [6.45, 7) is 4.25. The molecule has 23 heavy (non-hydrogen) atoms. The molecule has 2 heteroatoms. The molecule has 0 aliphatic carbocycles. The Morgan fingerprint density at radius 1 is 0.739 bits per heavy atom. The van der Waals surface area contributed by atoms with Gasteiger partial charge in [-0.15, -0.1) is 0 Å². The monoisotopic (exact) mass is 315 g/mol. The molecular formula is C21H17NS. The second kappa shape index (κ2) is 6.73. The molecule has 0 amide bonds. The van der Waals surface area contributed by atoms with Gasteiger partial charge in [-0.1, -0.05) is 60.2 Å². The van der Waals surface area contributed by atoms with Crippen molar-refractivity contribution in [2.45, 2.75) is 18.7 Å². The Bertz CT molecular complexity index is 856. The van der Waals surface area contributed by atoms with Crippen LogP contribution in [-0.4, -0.2) is 0 Å². The Morgan fingerprint density at radius 3 is 1.96 bits per heavy atom. The molecule has 0 fully saturated rings. The summed E-state index contributed by atoms with van der Waals surface area (Å²) in [6.07, 6.45) is 0. The van der Waals surface area contributed by atoms with E-state index in [1.165, 1.54) is 45.1 Å². The zero-order valence-electron chi connectivity index (χ0n) is 13.2. The largest absolute Gasteiger partial charge is 0.185 e. The predicted molar refractivity (Wildman–Crippen MR) is 98.3 cm³/mol. The molecule has 0 aliphatic heterocycles. The van der Waals surface area contributed by atoms with E-state index in [9.17, 15) is 0 Å². The highest BCUT2D eigenvalue weighted by atomic mass is 32.2. The highest BCUT2D eigenvalue weighted by molar-refractivity contribution is 8.03. The van der Waals surface area contributed by atoms with Gasteiger partial charge in [0.2, 0.25) is 0 Å². The van der Waals surface area contributed by atoms with E-state index in [2.05, 4.69) is 73.8 Å². The Hall–Kier alpha value is -2.50. The summed E-state index contributed by atoms with van der Waals surface area (Å²) in [6, 6.07) is 23.3. The van der Waals surface area contributed by atoms with Gasteiger partial charge in [-0.05, 0) is 65.6 Å². The third kappa shape index (κ3) is 3.47. The molecule has 0 heterocycles. The lowest BCUT2D eigenvalue weighted by atomic mass is 9.95. The summed E-state index contributed by atoms with van der Waals surface area (Å²) >= 11 is 1.19. The molecule has 3 aromatic rings. The molecule has 0 aliphatic rings.